The van der Waals surface area contributed by atoms with E-state index in [2.05, 4.69) is 63.3 Å². The molecule has 0 spiro atoms. The van der Waals surface area contributed by atoms with Gasteiger partial charge in [-0.15, -0.1) is 0 Å². The normalized spacial score (nSPS) is 19.6. The van der Waals surface area contributed by atoms with Gasteiger partial charge in [-0.1, -0.05) is 42.5 Å². The number of carbonyl (C=O) groups excluding carboxylic acids is 1. The summed E-state index contributed by atoms with van der Waals surface area (Å²) >= 11 is 0. The molecule has 2 fully saturated rings. The van der Waals surface area contributed by atoms with Gasteiger partial charge in [-0.25, -0.2) is 0 Å². The summed E-state index contributed by atoms with van der Waals surface area (Å²) in [5.41, 5.74) is 1.14. The van der Waals surface area contributed by atoms with Crippen molar-refractivity contribution in [3.63, 3.8) is 0 Å². The van der Waals surface area contributed by atoms with Crippen LogP contribution in [0.1, 0.15) is 44.1 Å². The van der Waals surface area contributed by atoms with Crippen molar-refractivity contribution in [2.45, 2.75) is 51.0 Å². The molecule has 2 aromatic rings. The number of rotatable bonds is 11. The van der Waals surface area contributed by atoms with E-state index in [-0.39, 0.29) is 5.91 Å². The van der Waals surface area contributed by atoms with E-state index in [9.17, 15) is 4.79 Å². The lowest BCUT2D eigenvalue weighted by molar-refractivity contribution is -0.131. The van der Waals surface area contributed by atoms with Crippen LogP contribution in [0.4, 0.5) is 0 Å². The minimum Gasteiger partial charge on any atom is -0.342 e. The first kappa shape index (κ1) is 23.2. The van der Waals surface area contributed by atoms with E-state index in [1.807, 2.05) is 0 Å². The number of hydrogen-bond donors (Lipinski definition) is 3. The Bertz CT molecular complexity index is 835. The molecule has 0 radical (unpaired) electrons. The molecule has 32 heavy (non-hydrogen) atoms. The Labute approximate surface area is 193 Å². The lowest BCUT2D eigenvalue weighted by Crippen LogP contribution is -2.41. The van der Waals surface area contributed by atoms with Crippen molar-refractivity contribution >= 4 is 16.7 Å². The van der Waals surface area contributed by atoms with E-state index < -0.39 is 0 Å². The number of fused-ring (bicyclic) bond motifs is 1. The van der Waals surface area contributed by atoms with Crippen molar-refractivity contribution in [1.29, 1.82) is 0 Å². The summed E-state index contributed by atoms with van der Waals surface area (Å²) in [6, 6.07) is 15.3. The van der Waals surface area contributed by atoms with Crippen molar-refractivity contribution in [3.05, 3.63) is 48.0 Å². The minimum atomic E-state index is 0.271. The molecule has 174 valence electrons. The average molecular weight is 437 g/mol. The molecule has 4 rings (SSSR count). The van der Waals surface area contributed by atoms with Gasteiger partial charge in [-0.05, 0) is 87.0 Å². The monoisotopic (exact) mass is 436 g/mol. The van der Waals surface area contributed by atoms with Gasteiger partial charge < -0.3 is 20.9 Å². The Balaban J connectivity index is 1.07. The van der Waals surface area contributed by atoms with Gasteiger partial charge in [0.05, 0.1) is 6.42 Å². The van der Waals surface area contributed by atoms with Gasteiger partial charge in [0.25, 0.3) is 0 Å². The number of unbranched alkanes of at least 4 members (excludes halogenated alkanes) is 1. The number of carbonyl (C=O) groups is 1. The number of nitrogens with zero attached hydrogens (tertiary/aromatic N) is 1. The smallest absolute Gasteiger partial charge is 0.227 e. The highest BCUT2D eigenvalue weighted by molar-refractivity contribution is 5.90. The SMILES string of the molecule is O=C(Cc1cccc2ccccc12)N1CCC(CNCCCCNC[C@@H]2CCCN2)CC1. The fraction of sp³-hybridized carbons (Fsp3) is 0.593. The molecule has 1 amide bonds. The molecule has 2 aromatic carbocycles. The predicted molar refractivity (Wildman–Crippen MR) is 133 cm³/mol. The standard InChI is InChI=1S/C27H40N4O/c32-27(19-24-9-5-8-23-7-1-2-11-26(23)24)31-17-12-22(13-18-31)20-28-14-3-4-15-29-21-25-10-6-16-30-25/h1-2,5,7-9,11,22,25,28-30H,3-4,6,10,12-21H2/t25-/m0/s1. The molecule has 1 atom stereocenters. The second kappa shape index (κ2) is 12.3. The molecule has 0 unspecified atom stereocenters. The summed E-state index contributed by atoms with van der Waals surface area (Å²) in [7, 11) is 0. The van der Waals surface area contributed by atoms with Crippen molar-refractivity contribution in [2.24, 2.45) is 5.92 Å². The highest BCUT2D eigenvalue weighted by Gasteiger charge is 2.23. The molecule has 2 aliphatic rings. The maximum atomic E-state index is 12.9. The summed E-state index contributed by atoms with van der Waals surface area (Å²) in [6.45, 7) is 7.41. The Morgan fingerprint density at radius 2 is 1.69 bits per heavy atom. The van der Waals surface area contributed by atoms with Gasteiger partial charge in [0.1, 0.15) is 0 Å². The molecule has 2 aliphatic heterocycles. The molecule has 3 N–H and O–H groups in total. The van der Waals surface area contributed by atoms with Crippen molar-refractivity contribution in [2.75, 3.05) is 45.8 Å². The number of benzene rings is 2. The van der Waals surface area contributed by atoms with Crippen LogP contribution in [0, 0.1) is 5.92 Å². The van der Waals surface area contributed by atoms with Crippen LogP contribution in [0.15, 0.2) is 42.5 Å². The van der Waals surface area contributed by atoms with Crippen LogP contribution in [-0.2, 0) is 11.2 Å². The van der Waals surface area contributed by atoms with Crippen LogP contribution in [0.5, 0.6) is 0 Å². The Hall–Kier alpha value is -1.95. The maximum absolute atomic E-state index is 12.9. The first-order chi connectivity index (χ1) is 15.8. The molecule has 0 saturated carbocycles. The van der Waals surface area contributed by atoms with Gasteiger partial charge in [0.15, 0.2) is 0 Å². The molecular formula is C27H40N4O. The zero-order chi connectivity index (χ0) is 22.0. The number of nitrogens with one attached hydrogen (secondary N) is 3. The van der Waals surface area contributed by atoms with Crippen LogP contribution in [0.3, 0.4) is 0 Å². The highest BCUT2D eigenvalue weighted by atomic mass is 16.2. The van der Waals surface area contributed by atoms with Gasteiger partial charge in [0, 0.05) is 25.7 Å². The van der Waals surface area contributed by atoms with E-state index >= 15 is 0 Å². The number of amides is 1. The second-order valence-electron chi connectivity index (χ2n) is 9.55. The summed E-state index contributed by atoms with van der Waals surface area (Å²) in [6.07, 6.45) is 7.85. The maximum Gasteiger partial charge on any atom is 0.227 e. The average Bonchev–Trinajstić information content (AvgIpc) is 3.35. The lowest BCUT2D eigenvalue weighted by atomic mass is 9.95. The summed E-state index contributed by atoms with van der Waals surface area (Å²) in [4.78, 5) is 15.0. The van der Waals surface area contributed by atoms with Crippen LogP contribution in [-0.4, -0.2) is 62.7 Å². The molecule has 0 bridgehead atoms. The number of piperidine rings is 1. The van der Waals surface area contributed by atoms with Crippen LogP contribution < -0.4 is 16.0 Å². The van der Waals surface area contributed by atoms with Gasteiger partial charge in [-0.2, -0.15) is 0 Å². The molecule has 0 aliphatic carbocycles. The van der Waals surface area contributed by atoms with Gasteiger partial charge in [-0.3, -0.25) is 4.79 Å². The molecule has 2 heterocycles. The third-order valence-electron chi connectivity index (χ3n) is 7.13. The zero-order valence-corrected chi connectivity index (χ0v) is 19.5. The summed E-state index contributed by atoms with van der Waals surface area (Å²) < 4.78 is 0. The van der Waals surface area contributed by atoms with E-state index in [0.29, 0.717) is 18.4 Å². The zero-order valence-electron chi connectivity index (χ0n) is 19.5. The Morgan fingerprint density at radius 1 is 0.938 bits per heavy atom. The number of likely N-dealkylation sites (tertiary alicyclic amines) is 1. The third kappa shape index (κ3) is 6.77. The van der Waals surface area contributed by atoms with E-state index in [4.69, 9.17) is 0 Å². The van der Waals surface area contributed by atoms with Crippen LogP contribution in [0.25, 0.3) is 10.8 Å². The lowest BCUT2D eigenvalue weighted by Gasteiger charge is -2.32. The first-order valence-electron chi connectivity index (χ1n) is 12.7. The van der Waals surface area contributed by atoms with Crippen LogP contribution in [0.2, 0.25) is 0 Å². The van der Waals surface area contributed by atoms with Gasteiger partial charge in [0.2, 0.25) is 5.91 Å². The quantitative estimate of drug-likeness (QED) is 0.473. The van der Waals surface area contributed by atoms with Crippen LogP contribution >= 0.6 is 0 Å². The molecular weight excluding hydrogens is 396 g/mol. The third-order valence-corrected chi connectivity index (χ3v) is 7.13. The predicted octanol–water partition coefficient (Wildman–Crippen LogP) is 3.33. The Morgan fingerprint density at radius 3 is 2.47 bits per heavy atom. The number of hydrogen-bond acceptors (Lipinski definition) is 4. The van der Waals surface area contributed by atoms with E-state index in [0.717, 1.165) is 57.7 Å². The van der Waals surface area contributed by atoms with Gasteiger partial charge >= 0.3 is 0 Å². The summed E-state index contributed by atoms with van der Waals surface area (Å²) in [5, 5.41) is 13.2. The van der Waals surface area contributed by atoms with E-state index in [1.54, 1.807) is 0 Å². The van der Waals surface area contributed by atoms with Crippen molar-refractivity contribution in [3.8, 4) is 0 Å². The van der Waals surface area contributed by atoms with Crippen molar-refractivity contribution < 1.29 is 4.79 Å². The fourth-order valence-electron chi connectivity index (χ4n) is 5.12. The highest BCUT2D eigenvalue weighted by Crippen LogP contribution is 2.21. The van der Waals surface area contributed by atoms with E-state index in [1.165, 1.54) is 43.0 Å². The van der Waals surface area contributed by atoms with Crippen molar-refractivity contribution in [1.82, 2.24) is 20.9 Å². The molecule has 0 aromatic heterocycles. The second-order valence-corrected chi connectivity index (χ2v) is 9.55. The molecule has 2 saturated heterocycles. The topological polar surface area (TPSA) is 56.4 Å². The molecule has 5 nitrogen and oxygen atoms in total. The summed E-state index contributed by atoms with van der Waals surface area (Å²) in [5.74, 6) is 0.969. The largest absolute Gasteiger partial charge is 0.342 e. The molecule has 5 heteroatoms. The Kier molecular flexibility index (Phi) is 8.95. The minimum absolute atomic E-state index is 0.271. The first-order valence-corrected chi connectivity index (χ1v) is 12.7. The fourth-order valence-corrected chi connectivity index (χ4v) is 5.12.